The molecule has 0 aliphatic rings. The average Bonchev–Trinajstić information content (AvgIpc) is 2.90. The van der Waals surface area contributed by atoms with Crippen LogP contribution in [0.3, 0.4) is 0 Å². The molecule has 0 radical (unpaired) electrons. The summed E-state index contributed by atoms with van der Waals surface area (Å²) in [4.78, 5) is 10.6. The number of aromatic nitrogens is 3. The van der Waals surface area contributed by atoms with Gasteiger partial charge in [-0.25, -0.2) is 4.98 Å². The third-order valence-electron chi connectivity index (χ3n) is 3.57. The van der Waals surface area contributed by atoms with Crippen LogP contribution in [0.5, 0.6) is 0 Å². The van der Waals surface area contributed by atoms with Crippen LogP contribution in [0.1, 0.15) is 17.0 Å². The summed E-state index contributed by atoms with van der Waals surface area (Å²) in [5.41, 5.74) is 2.61. The molecule has 126 valence electrons. The van der Waals surface area contributed by atoms with Gasteiger partial charge in [-0.1, -0.05) is 29.8 Å². The summed E-state index contributed by atoms with van der Waals surface area (Å²) in [6, 6.07) is 8.63. The van der Waals surface area contributed by atoms with Crippen LogP contribution >= 0.6 is 24.0 Å². The summed E-state index contributed by atoms with van der Waals surface area (Å²) in [6.07, 6.45) is 2.54. The Hall–Kier alpha value is -1.64. The number of hydrogen-bond acceptors (Lipinski definition) is 3. The maximum Gasteiger partial charge on any atom is 0.193 e. The summed E-state index contributed by atoms with van der Waals surface area (Å²) < 4.78 is 1.77. The SMILES string of the molecule is CN=C(NCCc1ccc(C)cc1)N(C)Cc1ncnn1C.I. The number of aryl methyl sites for hydroxylation is 2. The predicted molar refractivity (Wildman–Crippen MR) is 104 cm³/mol. The molecule has 6 nitrogen and oxygen atoms in total. The lowest BCUT2D eigenvalue weighted by Crippen LogP contribution is -2.39. The predicted octanol–water partition coefficient (Wildman–Crippen LogP) is 1.99. The van der Waals surface area contributed by atoms with Crippen LogP contribution in [-0.2, 0) is 20.0 Å². The highest BCUT2D eigenvalue weighted by molar-refractivity contribution is 14.0. The third-order valence-corrected chi connectivity index (χ3v) is 3.57. The number of hydrogen-bond donors (Lipinski definition) is 1. The molecule has 0 bridgehead atoms. The first-order valence-corrected chi connectivity index (χ1v) is 7.40. The van der Waals surface area contributed by atoms with E-state index in [1.165, 1.54) is 11.1 Å². The first-order chi connectivity index (χ1) is 10.6. The molecule has 0 atom stereocenters. The van der Waals surface area contributed by atoms with E-state index in [0.29, 0.717) is 6.54 Å². The molecule has 1 N–H and O–H groups in total. The Labute approximate surface area is 155 Å². The minimum absolute atomic E-state index is 0. The zero-order chi connectivity index (χ0) is 15.9. The highest BCUT2D eigenvalue weighted by Gasteiger charge is 2.09. The van der Waals surface area contributed by atoms with E-state index in [0.717, 1.165) is 24.7 Å². The number of guanidine groups is 1. The van der Waals surface area contributed by atoms with Gasteiger partial charge in [0.2, 0.25) is 0 Å². The summed E-state index contributed by atoms with van der Waals surface area (Å²) in [6.45, 7) is 3.62. The van der Waals surface area contributed by atoms with Crippen LogP contribution in [0.15, 0.2) is 35.6 Å². The summed E-state index contributed by atoms with van der Waals surface area (Å²) in [5, 5.41) is 7.47. The number of aliphatic imine (C=N–C) groups is 1. The van der Waals surface area contributed by atoms with Crippen LogP contribution in [0.2, 0.25) is 0 Å². The molecule has 2 aromatic rings. The first kappa shape index (κ1) is 19.4. The maximum absolute atomic E-state index is 4.32. The van der Waals surface area contributed by atoms with Crippen molar-refractivity contribution in [3.63, 3.8) is 0 Å². The van der Waals surface area contributed by atoms with Crippen molar-refractivity contribution >= 4 is 29.9 Å². The second-order valence-electron chi connectivity index (χ2n) is 5.37. The Morgan fingerprint density at radius 1 is 1.30 bits per heavy atom. The highest BCUT2D eigenvalue weighted by Crippen LogP contribution is 2.03. The quantitative estimate of drug-likeness (QED) is 0.450. The molecular weight excluding hydrogens is 403 g/mol. The van der Waals surface area contributed by atoms with E-state index >= 15 is 0 Å². The Kier molecular flexibility index (Phi) is 8.01. The van der Waals surface area contributed by atoms with Crippen molar-refractivity contribution in [2.45, 2.75) is 19.9 Å². The molecule has 1 aromatic carbocycles. The van der Waals surface area contributed by atoms with Crippen LogP contribution < -0.4 is 5.32 Å². The van der Waals surface area contributed by atoms with E-state index < -0.39 is 0 Å². The van der Waals surface area contributed by atoms with E-state index in [2.05, 4.69) is 51.6 Å². The van der Waals surface area contributed by atoms with Crippen molar-refractivity contribution in [1.82, 2.24) is 25.0 Å². The number of nitrogens with zero attached hydrogens (tertiary/aromatic N) is 5. The minimum Gasteiger partial charge on any atom is -0.356 e. The van der Waals surface area contributed by atoms with Gasteiger partial charge in [-0.3, -0.25) is 9.67 Å². The van der Waals surface area contributed by atoms with Gasteiger partial charge in [-0.05, 0) is 18.9 Å². The zero-order valence-corrected chi connectivity index (χ0v) is 16.5. The van der Waals surface area contributed by atoms with Gasteiger partial charge >= 0.3 is 0 Å². The Morgan fingerprint density at radius 2 is 2.00 bits per heavy atom. The van der Waals surface area contributed by atoms with Crippen LogP contribution in [0, 0.1) is 6.92 Å². The fourth-order valence-corrected chi connectivity index (χ4v) is 2.21. The highest BCUT2D eigenvalue weighted by atomic mass is 127. The van der Waals surface area contributed by atoms with E-state index in [1.54, 1.807) is 18.1 Å². The Balaban J connectivity index is 0.00000264. The molecule has 0 saturated carbocycles. The van der Waals surface area contributed by atoms with E-state index in [9.17, 15) is 0 Å². The topological polar surface area (TPSA) is 58.3 Å². The summed E-state index contributed by atoms with van der Waals surface area (Å²) >= 11 is 0. The molecule has 0 unspecified atom stereocenters. The number of rotatable bonds is 5. The molecule has 0 fully saturated rings. The molecule has 2 rings (SSSR count). The molecule has 23 heavy (non-hydrogen) atoms. The van der Waals surface area contributed by atoms with Crippen LogP contribution in [-0.4, -0.2) is 46.3 Å². The summed E-state index contributed by atoms with van der Waals surface area (Å²) in [5.74, 6) is 1.76. The third kappa shape index (κ3) is 5.81. The molecule has 1 aromatic heterocycles. The second kappa shape index (κ2) is 9.49. The average molecular weight is 428 g/mol. The molecule has 0 aliphatic carbocycles. The standard InChI is InChI=1S/C16H24N6.HI/c1-13-5-7-14(8-6-13)9-10-18-16(17-2)21(3)11-15-19-12-20-22(15)4;/h5-8,12H,9-11H2,1-4H3,(H,17,18);1H. The first-order valence-electron chi connectivity index (χ1n) is 7.40. The van der Waals surface area contributed by atoms with Gasteiger partial charge < -0.3 is 10.2 Å². The Bertz CT molecular complexity index is 620. The lowest BCUT2D eigenvalue weighted by molar-refractivity contribution is 0.449. The van der Waals surface area contributed by atoms with Crippen LogP contribution in [0.25, 0.3) is 0 Å². The monoisotopic (exact) mass is 428 g/mol. The van der Waals surface area contributed by atoms with E-state index in [4.69, 9.17) is 0 Å². The zero-order valence-electron chi connectivity index (χ0n) is 14.2. The Morgan fingerprint density at radius 3 is 2.57 bits per heavy atom. The molecule has 0 saturated heterocycles. The number of halogens is 1. The summed E-state index contributed by atoms with van der Waals surface area (Å²) in [7, 11) is 5.68. The van der Waals surface area contributed by atoms with Crippen LogP contribution in [0.4, 0.5) is 0 Å². The van der Waals surface area contributed by atoms with Gasteiger partial charge in [0.1, 0.15) is 12.2 Å². The molecule has 0 spiro atoms. The molecular formula is C16H25IN6. The lowest BCUT2D eigenvalue weighted by atomic mass is 10.1. The number of nitrogens with one attached hydrogen (secondary N) is 1. The lowest BCUT2D eigenvalue weighted by Gasteiger charge is -2.21. The van der Waals surface area contributed by atoms with Crippen molar-refractivity contribution in [2.75, 3.05) is 20.6 Å². The van der Waals surface area contributed by atoms with E-state index in [-0.39, 0.29) is 24.0 Å². The van der Waals surface area contributed by atoms with Gasteiger partial charge in [-0.2, -0.15) is 5.10 Å². The fourth-order valence-electron chi connectivity index (χ4n) is 2.21. The minimum atomic E-state index is 0. The van der Waals surface area contributed by atoms with Gasteiger partial charge in [0.15, 0.2) is 5.96 Å². The fraction of sp³-hybridized carbons (Fsp3) is 0.438. The molecule has 0 aliphatic heterocycles. The largest absolute Gasteiger partial charge is 0.356 e. The molecule has 1 heterocycles. The van der Waals surface area contributed by atoms with E-state index in [1.807, 2.05) is 19.0 Å². The van der Waals surface area contributed by atoms with Crippen molar-refractivity contribution in [3.8, 4) is 0 Å². The molecule has 0 amide bonds. The number of benzene rings is 1. The van der Waals surface area contributed by atoms with Gasteiger partial charge in [0.25, 0.3) is 0 Å². The van der Waals surface area contributed by atoms with Gasteiger partial charge in [0.05, 0.1) is 6.54 Å². The second-order valence-corrected chi connectivity index (χ2v) is 5.37. The van der Waals surface area contributed by atoms with Crippen molar-refractivity contribution in [1.29, 1.82) is 0 Å². The van der Waals surface area contributed by atoms with Crippen molar-refractivity contribution < 1.29 is 0 Å². The van der Waals surface area contributed by atoms with Crippen molar-refractivity contribution in [2.24, 2.45) is 12.0 Å². The maximum atomic E-state index is 4.32. The van der Waals surface area contributed by atoms with Gasteiger partial charge in [-0.15, -0.1) is 24.0 Å². The smallest absolute Gasteiger partial charge is 0.193 e. The van der Waals surface area contributed by atoms with Gasteiger partial charge in [0, 0.05) is 27.7 Å². The van der Waals surface area contributed by atoms with Crippen molar-refractivity contribution in [3.05, 3.63) is 47.5 Å². The normalized spacial score (nSPS) is 11.0. The molecule has 7 heteroatoms.